The Kier molecular flexibility index (Phi) is 5.04. The van der Waals surface area contributed by atoms with Gasteiger partial charge < -0.3 is 5.32 Å². The number of hydrogen-bond acceptors (Lipinski definition) is 4. The molecule has 2 heterocycles. The Labute approximate surface area is 133 Å². The fourth-order valence-electron chi connectivity index (χ4n) is 2.86. The average molecular weight is 320 g/mol. The Balaban J connectivity index is 1.48. The van der Waals surface area contributed by atoms with E-state index in [9.17, 15) is 4.79 Å². The predicted octanol–water partition coefficient (Wildman–Crippen LogP) is 5.17. The number of aromatic nitrogens is 1. The molecule has 0 atom stereocenters. The lowest BCUT2D eigenvalue weighted by Crippen LogP contribution is -2.14. The first-order valence-corrected chi connectivity index (χ1v) is 9.36. The average Bonchev–Trinajstić information content (AvgIpc) is 3.17. The van der Waals surface area contributed by atoms with E-state index in [2.05, 4.69) is 10.3 Å². The third kappa shape index (κ3) is 4.14. The topological polar surface area (TPSA) is 42.0 Å². The zero-order chi connectivity index (χ0) is 14.5. The van der Waals surface area contributed by atoms with Gasteiger partial charge in [0.05, 0.1) is 10.6 Å². The normalized spacial score (nSPS) is 16.0. The fourth-order valence-corrected chi connectivity index (χ4v) is 4.35. The van der Waals surface area contributed by atoms with Crippen molar-refractivity contribution in [1.82, 2.24) is 4.98 Å². The number of nitrogens with zero attached hydrogens (tertiary/aromatic N) is 1. The summed E-state index contributed by atoms with van der Waals surface area (Å²) in [6.07, 6.45) is 8.28. The number of amides is 1. The zero-order valence-corrected chi connectivity index (χ0v) is 13.6. The Morgan fingerprint density at radius 3 is 2.90 bits per heavy atom. The van der Waals surface area contributed by atoms with Crippen molar-refractivity contribution in [2.24, 2.45) is 5.92 Å². The largest absolute Gasteiger partial charge is 0.302 e. The van der Waals surface area contributed by atoms with Gasteiger partial charge in [-0.3, -0.25) is 4.79 Å². The molecule has 5 heteroatoms. The van der Waals surface area contributed by atoms with E-state index < -0.39 is 0 Å². The molecule has 2 aromatic rings. The Morgan fingerprint density at radius 2 is 2.14 bits per heavy atom. The van der Waals surface area contributed by atoms with Crippen molar-refractivity contribution >= 4 is 33.7 Å². The molecule has 3 rings (SSSR count). The van der Waals surface area contributed by atoms with E-state index in [1.807, 2.05) is 22.9 Å². The lowest BCUT2D eigenvalue weighted by atomic mass is 9.86. The quantitative estimate of drug-likeness (QED) is 0.825. The highest BCUT2D eigenvalue weighted by Gasteiger charge is 2.15. The van der Waals surface area contributed by atoms with Crippen LogP contribution in [0.25, 0.3) is 10.6 Å². The van der Waals surface area contributed by atoms with Crippen molar-refractivity contribution in [3.63, 3.8) is 0 Å². The summed E-state index contributed by atoms with van der Waals surface area (Å²) in [6.45, 7) is 0. The first kappa shape index (κ1) is 14.7. The minimum absolute atomic E-state index is 0.104. The molecule has 1 amide bonds. The maximum absolute atomic E-state index is 12.0. The number of rotatable bonds is 5. The lowest BCUT2D eigenvalue weighted by Gasteiger charge is -2.20. The van der Waals surface area contributed by atoms with E-state index in [4.69, 9.17) is 0 Å². The zero-order valence-electron chi connectivity index (χ0n) is 12.0. The van der Waals surface area contributed by atoms with Gasteiger partial charge in [-0.05, 0) is 23.8 Å². The van der Waals surface area contributed by atoms with E-state index >= 15 is 0 Å². The summed E-state index contributed by atoms with van der Waals surface area (Å²) in [5, 5.41) is 7.69. The summed E-state index contributed by atoms with van der Waals surface area (Å²) >= 11 is 3.17. The molecule has 112 valence electrons. The SMILES string of the molecule is O=C(CCC1CCCCC1)Nc1nc(-c2cccs2)cs1. The Morgan fingerprint density at radius 1 is 1.29 bits per heavy atom. The Hall–Kier alpha value is -1.20. The van der Waals surface area contributed by atoms with Gasteiger partial charge >= 0.3 is 0 Å². The van der Waals surface area contributed by atoms with Crippen LogP contribution < -0.4 is 5.32 Å². The third-order valence-electron chi connectivity index (χ3n) is 4.03. The molecule has 0 saturated heterocycles. The Bertz CT molecular complexity index is 571. The molecule has 1 saturated carbocycles. The summed E-state index contributed by atoms with van der Waals surface area (Å²) < 4.78 is 0. The number of hydrogen-bond donors (Lipinski definition) is 1. The number of carbonyl (C=O) groups is 1. The molecule has 0 aromatic carbocycles. The van der Waals surface area contributed by atoms with E-state index in [1.54, 1.807) is 11.3 Å². The van der Waals surface area contributed by atoms with Gasteiger partial charge in [-0.1, -0.05) is 38.2 Å². The molecular formula is C16H20N2OS2. The van der Waals surface area contributed by atoms with Gasteiger partial charge in [-0.2, -0.15) is 0 Å². The highest BCUT2D eigenvalue weighted by molar-refractivity contribution is 7.16. The fraction of sp³-hybridized carbons (Fsp3) is 0.500. The minimum Gasteiger partial charge on any atom is -0.302 e. The molecule has 1 aliphatic carbocycles. The highest BCUT2D eigenvalue weighted by atomic mass is 32.1. The summed E-state index contributed by atoms with van der Waals surface area (Å²) in [6, 6.07) is 4.07. The van der Waals surface area contributed by atoms with E-state index in [0.29, 0.717) is 11.6 Å². The van der Waals surface area contributed by atoms with Crippen LogP contribution in [0.2, 0.25) is 0 Å². The molecule has 1 N–H and O–H groups in total. The number of thiazole rings is 1. The van der Waals surface area contributed by atoms with Gasteiger partial charge in [0, 0.05) is 11.8 Å². The van der Waals surface area contributed by atoms with Gasteiger partial charge in [-0.15, -0.1) is 22.7 Å². The first-order chi connectivity index (χ1) is 10.3. The predicted molar refractivity (Wildman–Crippen MR) is 89.9 cm³/mol. The smallest absolute Gasteiger partial charge is 0.226 e. The number of carbonyl (C=O) groups excluding carboxylic acids is 1. The molecule has 1 fully saturated rings. The van der Waals surface area contributed by atoms with Crippen LogP contribution in [0.15, 0.2) is 22.9 Å². The standard InChI is InChI=1S/C16H20N2OS2/c19-15(9-8-12-5-2-1-3-6-12)18-16-17-13(11-21-16)14-7-4-10-20-14/h4,7,10-12H,1-3,5-6,8-9H2,(H,17,18,19). The molecule has 1 aliphatic rings. The van der Waals surface area contributed by atoms with Crippen molar-refractivity contribution in [2.45, 2.75) is 44.9 Å². The number of anilines is 1. The van der Waals surface area contributed by atoms with Crippen LogP contribution >= 0.6 is 22.7 Å². The van der Waals surface area contributed by atoms with Crippen LogP contribution in [0.4, 0.5) is 5.13 Å². The van der Waals surface area contributed by atoms with Gasteiger partial charge in [-0.25, -0.2) is 4.98 Å². The van der Waals surface area contributed by atoms with E-state index in [0.717, 1.165) is 22.9 Å². The van der Waals surface area contributed by atoms with Crippen molar-refractivity contribution in [1.29, 1.82) is 0 Å². The molecule has 0 radical (unpaired) electrons. The van der Waals surface area contributed by atoms with Gasteiger partial charge in [0.1, 0.15) is 0 Å². The van der Waals surface area contributed by atoms with Crippen LogP contribution in [-0.2, 0) is 4.79 Å². The van der Waals surface area contributed by atoms with Gasteiger partial charge in [0.2, 0.25) is 5.91 Å². The molecule has 3 nitrogen and oxygen atoms in total. The summed E-state index contributed by atoms with van der Waals surface area (Å²) in [5.74, 6) is 0.857. The minimum atomic E-state index is 0.104. The van der Waals surface area contributed by atoms with Crippen LogP contribution in [-0.4, -0.2) is 10.9 Å². The van der Waals surface area contributed by atoms with Crippen LogP contribution in [0.1, 0.15) is 44.9 Å². The number of nitrogens with one attached hydrogen (secondary N) is 1. The van der Waals surface area contributed by atoms with Crippen molar-refractivity contribution in [3.05, 3.63) is 22.9 Å². The van der Waals surface area contributed by atoms with Gasteiger partial charge in [0.15, 0.2) is 5.13 Å². The van der Waals surface area contributed by atoms with Crippen LogP contribution in [0.5, 0.6) is 0 Å². The van der Waals surface area contributed by atoms with Gasteiger partial charge in [0.25, 0.3) is 0 Å². The molecule has 21 heavy (non-hydrogen) atoms. The van der Waals surface area contributed by atoms with Crippen molar-refractivity contribution in [2.75, 3.05) is 5.32 Å². The maximum atomic E-state index is 12.0. The molecule has 0 bridgehead atoms. The van der Waals surface area contributed by atoms with E-state index in [1.165, 1.54) is 43.4 Å². The first-order valence-electron chi connectivity index (χ1n) is 7.60. The van der Waals surface area contributed by atoms with E-state index in [-0.39, 0.29) is 5.91 Å². The monoisotopic (exact) mass is 320 g/mol. The highest BCUT2D eigenvalue weighted by Crippen LogP contribution is 2.29. The molecular weight excluding hydrogens is 300 g/mol. The molecule has 0 aliphatic heterocycles. The molecule has 0 spiro atoms. The summed E-state index contributed by atoms with van der Waals surface area (Å²) in [7, 11) is 0. The molecule has 0 unspecified atom stereocenters. The third-order valence-corrected chi connectivity index (χ3v) is 5.68. The van der Waals surface area contributed by atoms with Crippen LogP contribution in [0, 0.1) is 5.92 Å². The summed E-state index contributed by atoms with van der Waals surface area (Å²) in [4.78, 5) is 17.6. The van der Waals surface area contributed by atoms with Crippen molar-refractivity contribution < 1.29 is 4.79 Å². The second kappa shape index (κ2) is 7.18. The number of thiophene rings is 1. The van der Waals surface area contributed by atoms with Crippen molar-refractivity contribution in [3.8, 4) is 10.6 Å². The molecule has 2 aromatic heterocycles. The second-order valence-corrected chi connectivity index (χ2v) is 7.41. The lowest BCUT2D eigenvalue weighted by molar-refractivity contribution is -0.116. The second-order valence-electron chi connectivity index (χ2n) is 5.61. The van der Waals surface area contributed by atoms with Crippen LogP contribution in [0.3, 0.4) is 0 Å². The summed E-state index contributed by atoms with van der Waals surface area (Å²) in [5.41, 5.74) is 0.956. The maximum Gasteiger partial charge on any atom is 0.226 e.